The minimum Gasteiger partial charge on any atom is -0.492 e. The van der Waals surface area contributed by atoms with Gasteiger partial charge in [0.15, 0.2) is 0 Å². The zero-order valence-electron chi connectivity index (χ0n) is 10.1. The summed E-state index contributed by atoms with van der Waals surface area (Å²) in [4.78, 5) is 2.93. The molecule has 1 atom stereocenters. The fourth-order valence-electron chi connectivity index (χ4n) is 2.01. The molecular weight excluding hydrogens is 232 g/mol. The highest BCUT2D eigenvalue weighted by Gasteiger charge is 2.17. The van der Waals surface area contributed by atoms with Crippen molar-refractivity contribution in [3.8, 4) is 5.75 Å². The molecule has 1 aliphatic heterocycles. The Labute approximate surface area is 108 Å². The molecule has 0 aromatic heterocycles. The first-order chi connectivity index (χ1) is 8.16. The van der Waals surface area contributed by atoms with E-state index >= 15 is 0 Å². The van der Waals surface area contributed by atoms with Crippen LogP contribution in [0.3, 0.4) is 0 Å². The molecule has 1 aromatic carbocycles. The highest BCUT2D eigenvalue weighted by atomic mass is 32.1. The number of hydrogen-bond acceptors (Lipinski definition) is 3. The number of rotatable bonds is 3. The van der Waals surface area contributed by atoms with Crippen LogP contribution < -0.4 is 10.5 Å². The van der Waals surface area contributed by atoms with Crippen LogP contribution in [0.2, 0.25) is 0 Å². The van der Waals surface area contributed by atoms with E-state index in [0.29, 0.717) is 4.99 Å². The molecule has 0 spiro atoms. The molecule has 0 saturated heterocycles. The van der Waals surface area contributed by atoms with Crippen molar-refractivity contribution < 1.29 is 4.74 Å². The summed E-state index contributed by atoms with van der Waals surface area (Å²) in [6.45, 7) is 5.51. The zero-order valence-corrected chi connectivity index (χ0v) is 10.9. The Kier molecular flexibility index (Phi) is 3.97. The maximum absolute atomic E-state index is 5.71. The quantitative estimate of drug-likeness (QED) is 0.830. The Morgan fingerprint density at radius 2 is 2.29 bits per heavy atom. The lowest BCUT2D eigenvalue weighted by molar-refractivity contribution is 0.217. The first-order valence-corrected chi connectivity index (χ1v) is 6.30. The molecule has 4 heteroatoms. The van der Waals surface area contributed by atoms with Crippen LogP contribution in [0.4, 0.5) is 0 Å². The molecule has 1 unspecified atom stereocenters. The fourth-order valence-corrected chi connectivity index (χ4v) is 2.09. The minimum absolute atomic E-state index is 0.246. The average molecular weight is 250 g/mol. The second-order valence-electron chi connectivity index (χ2n) is 4.49. The van der Waals surface area contributed by atoms with Gasteiger partial charge >= 0.3 is 0 Å². The molecule has 0 aliphatic carbocycles. The van der Waals surface area contributed by atoms with Gasteiger partial charge in [-0.15, -0.1) is 0 Å². The van der Waals surface area contributed by atoms with Crippen molar-refractivity contribution in [2.75, 3.05) is 19.7 Å². The third-order valence-corrected chi connectivity index (χ3v) is 3.45. The molecule has 0 amide bonds. The van der Waals surface area contributed by atoms with Gasteiger partial charge in [-0.1, -0.05) is 37.3 Å². The Morgan fingerprint density at radius 1 is 1.53 bits per heavy atom. The Bertz CT molecular complexity index is 408. The number of para-hydroxylation sites is 1. The molecule has 0 fully saturated rings. The molecule has 2 N–H and O–H groups in total. The van der Waals surface area contributed by atoms with E-state index in [2.05, 4.69) is 17.9 Å². The largest absolute Gasteiger partial charge is 0.492 e. The highest BCUT2D eigenvalue weighted by Crippen LogP contribution is 2.22. The summed E-state index contributed by atoms with van der Waals surface area (Å²) in [5.41, 5.74) is 6.90. The van der Waals surface area contributed by atoms with Crippen molar-refractivity contribution in [2.45, 2.75) is 13.5 Å². The van der Waals surface area contributed by atoms with Crippen LogP contribution in [0, 0.1) is 5.92 Å². The van der Waals surface area contributed by atoms with Crippen LogP contribution in [0.25, 0.3) is 0 Å². The van der Waals surface area contributed by atoms with E-state index in [9.17, 15) is 0 Å². The second kappa shape index (κ2) is 5.47. The lowest BCUT2D eigenvalue weighted by Crippen LogP contribution is -2.34. The summed E-state index contributed by atoms with van der Waals surface area (Å²) in [5.74, 6) is 1.24. The fraction of sp³-hybridized carbons (Fsp3) is 0.462. The topological polar surface area (TPSA) is 38.5 Å². The zero-order chi connectivity index (χ0) is 12.3. The summed E-state index contributed by atoms with van der Waals surface area (Å²) in [6, 6.07) is 8.18. The predicted molar refractivity (Wildman–Crippen MR) is 73.2 cm³/mol. The second-order valence-corrected chi connectivity index (χ2v) is 4.97. The van der Waals surface area contributed by atoms with Crippen LogP contribution in [-0.4, -0.2) is 29.6 Å². The lowest BCUT2D eigenvalue weighted by atomic mass is 10.1. The Hall–Kier alpha value is -1.13. The molecular formula is C13H18N2OS. The van der Waals surface area contributed by atoms with E-state index in [1.54, 1.807) is 0 Å². The SMILES string of the molecule is CC(CN1CCOc2ccccc2C1)C(N)=S. The predicted octanol–water partition coefficient (Wildman–Crippen LogP) is 1.80. The van der Waals surface area contributed by atoms with Crippen molar-refractivity contribution in [1.29, 1.82) is 0 Å². The number of ether oxygens (including phenoxy) is 1. The molecule has 1 heterocycles. The molecule has 92 valence electrons. The minimum atomic E-state index is 0.246. The summed E-state index contributed by atoms with van der Waals surface area (Å²) in [5, 5.41) is 0. The summed E-state index contributed by atoms with van der Waals surface area (Å²) >= 11 is 5.02. The average Bonchev–Trinajstić information content (AvgIpc) is 2.50. The van der Waals surface area contributed by atoms with Gasteiger partial charge in [-0.2, -0.15) is 0 Å². The molecule has 1 aromatic rings. The Balaban J connectivity index is 2.05. The van der Waals surface area contributed by atoms with Crippen LogP contribution in [-0.2, 0) is 6.54 Å². The smallest absolute Gasteiger partial charge is 0.123 e. The molecule has 3 nitrogen and oxygen atoms in total. The van der Waals surface area contributed by atoms with E-state index < -0.39 is 0 Å². The van der Waals surface area contributed by atoms with Gasteiger partial charge in [0, 0.05) is 31.1 Å². The van der Waals surface area contributed by atoms with Gasteiger partial charge in [0.05, 0.1) is 4.99 Å². The van der Waals surface area contributed by atoms with Crippen LogP contribution >= 0.6 is 12.2 Å². The van der Waals surface area contributed by atoms with Crippen molar-refractivity contribution in [3.05, 3.63) is 29.8 Å². The highest BCUT2D eigenvalue weighted by molar-refractivity contribution is 7.80. The number of nitrogens with zero attached hydrogens (tertiary/aromatic N) is 1. The van der Waals surface area contributed by atoms with Crippen molar-refractivity contribution in [2.24, 2.45) is 11.7 Å². The van der Waals surface area contributed by atoms with Gasteiger partial charge in [0.25, 0.3) is 0 Å². The maximum Gasteiger partial charge on any atom is 0.123 e. The van der Waals surface area contributed by atoms with Gasteiger partial charge in [-0.3, -0.25) is 4.90 Å². The number of nitrogens with two attached hydrogens (primary N) is 1. The normalized spacial score (nSPS) is 17.7. The number of fused-ring (bicyclic) bond motifs is 1. The van der Waals surface area contributed by atoms with Gasteiger partial charge in [-0.25, -0.2) is 0 Å². The van der Waals surface area contributed by atoms with E-state index in [4.69, 9.17) is 22.7 Å². The van der Waals surface area contributed by atoms with Crippen molar-refractivity contribution in [1.82, 2.24) is 4.90 Å². The lowest BCUT2D eigenvalue weighted by Gasteiger charge is -2.22. The van der Waals surface area contributed by atoms with Crippen LogP contribution in [0.15, 0.2) is 24.3 Å². The summed E-state index contributed by atoms with van der Waals surface area (Å²) in [7, 11) is 0. The van der Waals surface area contributed by atoms with Crippen LogP contribution in [0.1, 0.15) is 12.5 Å². The third kappa shape index (κ3) is 3.17. The molecule has 0 radical (unpaired) electrons. The number of benzene rings is 1. The van der Waals surface area contributed by atoms with E-state index in [-0.39, 0.29) is 5.92 Å². The molecule has 0 bridgehead atoms. The number of hydrogen-bond donors (Lipinski definition) is 1. The van der Waals surface area contributed by atoms with Gasteiger partial charge in [-0.05, 0) is 6.07 Å². The Morgan fingerprint density at radius 3 is 3.06 bits per heavy atom. The first kappa shape index (κ1) is 12.3. The van der Waals surface area contributed by atoms with Gasteiger partial charge in [0.1, 0.15) is 12.4 Å². The van der Waals surface area contributed by atoms with Gasteiger partial charge in [0.2, 0.25) is 0 Å². The van der Waals surface area contributed by atoms with Crippen molar-refractivity contribution >= 4 is 17.2 Å². The monoisotopic (exact) mass is 250 g/mol. The summed E-state index contributed by atoms with van der Waals surface area (Å²) in [6.07, 6.45) is 0. The first-order valence-electron chi connectivity index (χ1n) is 5.89. The third-order valence-electron chi connectivity index (χ3n) is 3.05. The molecule has 17 heavy (non-hydrogen) atoms. The maximum atomic E-state index is 5.71. The standard InChI is InChI=1S/C13H18N2OS/c1-10(13(14)17)8-15-6-7-16-12-5-3-2-4-11(12)9-15/h2-5,10H,6-9H2,1H3,(H2,14,17). The van der Waals surface area contributed by atoms with Crippen molar-refractivity contribution in [3.63, 3.8) is 0 Å². The van der Waals surface area contributed by atoms with E-state index in [1.807, 2.05) is 18.2 Å². The number of thiocarbonyl (C=S) groups is 1. The summed E-state index contributed by atoms with van der Waals surface area (Å²) < 4.78 is 5.71. The van der Waals surface area contributed by atoms with E-state index in [1.165, 1.54) is 5.56 Å². The molecule has 0 saturated carbocycles. The van der Waals surface area contributed by atoms with Crippen LogP contribution in [0.5, 0.6) is 5.75 Å². The van der Waals surface area contributed by atoms with E-state index in [0.717, 1.165) is 32.0 Å². The molecule has 1 aliphatic rings. The van der Waals surface area contributed by atoms with Gasteiger partial charge < -0.3 is 10.5 Å². The molecule has 2 rings (SSSR count).